The first kappa shape index (κ1) is 13.9. The predicted octanol–water partition coefficient (Wildman–Crippen LogP) is 2.25. The second kappa shape index (κ2) is 6.18. The molecule has 0 atom stereocenters. The number of halogens is 1. The van der Waals surface area contributed by atoms with Gasteiger partial charge in [-0.2, -0.15) is 4.39 Å². The van der Waals surface area contributed by atoms with Crippen molar-refractivity contribution < 1.29 is 4.39 Å². The molecular formula is C16H19FN4. The highest BCUT2D eigenvalue weighted by molar-refractivity contribution is 5.38. The molecule has 21 heavy (non-hydrogen) atoms. The zero-order chi connectivity index (χ0) is 14.7. The third-order valence-electron chi connectivity index (χ3n) is 3.73. The van der Waals surface area contributed by atoms with Gasteiger partial charge in [0.25, 0.3) is 0 Å². The summed E-state index contributed by atoms with van der Waals surface area (Å²) in [7, 11) is 0. The minimum absolute atomic E-state index is 0.416. The monoisotopic (exact) mass is 286 g/mol. The van der Waals surface area contributed by atoms with Crippen LogP contribution in [-0.2, 0) is 6.54 Å². The molecule has 0 spiro atoms. The van der Waals surface area contributed by atoms with E-state index in [-0.39, 0.29) is 0 Å². The summed E-state index contributed by atoms with van der Waals surface area (Å²) in [6.45, 7) is 6.62. The topological polar surface area (TPSA) is 32.3 Å². The maximum Gasteiger partial charge on any atom is 0.214 e. The van der Waals surface area contributed by atoms with E-state index in [2.05, 4.69) is 32.8 Å². The number of pyridine rings is 2. The molecule has 1 saturated heterocycles. The Morgan fingerprint density at radius 1 is 1.14 bits per heavy atom. The Hall–Kier alpha value is -2.01. The van der Waals surface area contributed by atoms with Gasteiger partial charge in [0.2, 0.25) is 5.95 Å². The van der Waals surface area contributed by atoms with Crippen LogP contribution in [0.1, 0.15) is 11.1 Å². The van der Waals surface area contributed by atoms with Gasteiger partial charge in [-0.15, -0.1) is 0 Å². The van der Waals surface area contributed by atoms with Gasteiger partial charge in [-0.05, 0) is 30.2 Å². The Bertz CT molecular complexity index is 609. The summed E-state index contributed by atoms with van der Waals surface area (Å²) in [6.07, 6.45) is 3.80. The molecule has 0 unspecified atom stereocenters. The van der Waals surface area contributed by atoms with Gasteiger partial charge in [-0.3, -0.25) is 9.88 Å². The van der Waals surface area contributed by atoms with Crippen molar-refractivity contribution in [1.29, 1.82) is 0 Å². The molecule has 3 rings (SSSR count). The van der Waals surface area contributed by atoms with E-state index in [1.807, 2.05) is 18.5 Å². The summed E-state index contributed by atoms with van der Waals surface area (Å²) < 4.78 is 13.2. The van der Waals surface area contributed by atoms with Gasteiger partial charge in [0.05, 0.1) is 0 Å². The highest BCUT2D eigenvalue weighted by Crippen LogP contribution is 2.15. The minimum atomic E-state index is -0.416. The molecule has 0 N–H and O–H groups in total. The lowest BCUT2D eigenvalue weighted by atomic mass is 10.2. The maximum atomic E-state index is 13.2. The van der Waals surface area contributed by atoms with Crippen molar-refractivity contribution in [2.75, 3.05) is 31.1 Å². The molecule has 0 aromatic carbocycles. The number of aromatic nitrogens is 2. The standard InChI is InChI=1S/C16H19FN4/c1-13-9-14(11-18-10-13)12-20-5-7-21(8-6-20)16-4-2-3-15(17)19-16/h2-4,9-11H,5-8,12H2,1H3. The molecule has 0 bridgehead atoms. The molecule has 1 aliphatic rings. The molecule has 0 saturated carbocycles. The first-order chi connectivity index (χ1) is 10.2. The SMILES string of the molecule is Cc1cncc(CN2CCN(c3cccc(F)n3)CC2)c1. The molecule has 0 aliphatic carbocycles. The number of rotatable bonds is 3. The summed E-state index contributed by atoms with van der Waals surface area (Å²) in [5, 5.41) is 0. The zero-order valence-corrected chi connectivity index (χ0v) is 12.2. The third kappa shape index (κ3) is 3.55. The highest BCUT2D eigenvalue weighted by Gasteiger charge is 2.18. The number of anilines is 1. The van der Waals surface area contributed by atoms with Crippen molar-refractivity contribution >= 4 is 5.82 Å². The summed E-state index contributed by atoms with van der Waals surface area (Å²) in [5.74, 6) is 0.313. The van der Waals surface area contributed by atoms with Crippen LogP contribution in [0.3, 0.4) is 0 Å². The minimum Gasteiger partial charge on any atom is -0.354 e. The van der Waals surface area contributed by atoms with Gasteiger partial charge in [0.15, 0.2) is 0 Å². The zero-order valence-electron chi connectivity index (χ0n) is 12.2. The lowest BCUT2D eigenvalue weighted by Gasteiger charge is -2.35. The maximum absolute atomic E-state index is 13.2. The van der Waals surface area contributed by atoms with Crippen LogP contribution in [0.4, 0.5) is 10.2 Å². The van der Waals surface area contributed by atoms with Crippen LogP contribution >= 0.6 is 0 Å². The molecule has 110 valence electrons. The number of aryl methyl sites for hydroxylation is 1. The highest BCUT2D eigenvalue weighted by atomic mass is 19.1. The van der Waals surface area contributed by atoms with Gasteiger partial charge < -0.3 is 4.90 Å². The quantitative estimate of drug-likeness (QED) is 0.810. The van der Waals surface area contributed by atoms with Crippen LogP contribution in [0.5, 0.6) is 0 Å². The van der Waals surface area contributed by atoms with E-state index in [0.717, 1.165) is 38.5 Å². The van der Waals surface area contributed by atoms with E-state index in [1.54, 1.807) is 6.07 Å². The number of piperazine rings is 1. The van der Waals surface area contributed by atoms with Crippen molar-refractivity contribution in [3.8, 4) is 0 Å². The van der Waals surface area contributed by atoms with E-state index in [1.165, 1.54) is 17.2 Å². The number of hydrogen-bond acceptors (Lipinski definition) is 4. The normalized spacial score (nSPS) is 16.2. The first-order valence-corrected chi connectivity index (χ1v) is 7.21. The Morgan fingerprint density at radius 3 is 2.67 bits per heavy atom. The Balaban J connectivity index is 1.58. The van der Waals surface area contributed by atoms with Crippen molar-refractivity contribution in [3.05, 3.63) is 53.7 Å². The summed E-state index contributed by atoms with van der Waals surface area (Å²) in [6, 6.07) is 7.13. The molecular weight excluding hydrogens is 267 g/mol. The van der Waals surface area contributed by atoms with E-state index < -0.39 is 5.95 Å². The summed E-state index contributed by atoms with van der Waals surface area (Å²) in [4.78, 5) is 12.7. The van der Waals surface area contributed by atoms with Gasteiger partial charge in [-0.1, -0.05) is 12.1 Å². The summed E-state index contributed by atoms with van der Waals surface area (Å²) >= 11 is 0. The van der Waals surface area contributed by atoms with Crippen LogP contribution < -0.4 is 4.90 Å². The van der Waals surface area contributed by atoms with Gasteiger partial charge in [0, 0.05) is 45.1 Å². The second-order valence-corrected chi connectivity index (χ2v) is 5.45. The van der Waals surface area contributed by atoms with Crippen molar-refractivity contribution in [2.24, 2.45) is 0 Å². The Kier molecular flexibility index (Phi) is 4.10. The fraction of sp³-hybridized carbons (Fsp3) is 0.375. The summed E-state index contributed by atoms with van der Waals surface area (Å²) in [5.41, 5.74) is 2.43. The van der Waals surface area contributed by atoms with Gasteiger partial charge >= 0.3 is 0 Å². The molecule has 4 nitrogen and oxygen atoms in total. The van der Waals surface area contributed by atoms with Crippen LogP contribution in [0, 0.1) is 12.9 Å². The van der Waals surface area contributed by atoms with Crippen molar-refractivity contribution in [2.45, 2.75) is 13.5 Å². The van der Waals surface area contributed by atoms with E-state index in [9.17, 15) is 4.39 Å². The Morgan fingerprint density at radius 2 is 1.95 bits per heavy atom. The second-order valence-electron chi connectivity index (χ2n) is 5.45. The average Bonchev–Trinajstić information content (AvgIpc) is 2.48. The van der Waals surface area contributed by atoms with Crippen LogP contribution in [0.25, 0.3) is 0 Å². The fourth-order valence-corrected chi connectivity index (χ4v) is 2.67. The molecule has 2 aromatic heterocycles. The molecule has 5 heteroatoms. The van der Waals surface area contributed by atoms with E-state index in [0.29, 0.717) is 0 Å². The lowest BCUT2D eigenvalue weighted by Crippen LogP contribution is -2.46. The fourth-order valence-electron chi connectivity index (χ4n) is 2.67. The predicted molar refractivity (Wildman–Crippen MR) is 80.7 cm³/mol. The third-order valence-corrected chi connectivity index (χ3v) is 3.73. The smallest absolute Gasteiger partial charge is 0.214 e. The molecule has 0 amide bonds. The first-order valence-electron chi connectivity index (χ1n) is 7.21. The molecule has 1 fully saturated rings. The molecule has 0 radical (unpaired) electrons. The van der Waals surface area contributed by atoms with Crippen molar-refractivity contribution in [1.82, 2.24) is 14.9 Å². The largest absolute Gasteiger partial charge is 0.354 e. The van der Waals surface area contributed by atoms with E-state index >= 15 is 0 Å². The number of nitrogens with zero attached hydrogens (tertiary/aromatic N) is 4. The van der Waals surface area contributed by atoms with Gasteiger partial charge in [0.1, 0.15) is 5.82 Å². The van der Waals surface area contributed by atoms with Crippen LogP contribution in [0.2, 0.25) is 0 Å². The molecule has 1 aliphatic heterocycles. The van der Waals surface area contributed by atoms with Crippen LogP contribution in [0.15, 0.2) is 36.7 Å². The molecule has 2 aromatic rings. The molecule has 3 heterocycles. The average molecular weight is 286 g/mol. The number of hydrogen-bond donors (Lipinski definition) is 0. The van der Waals surface area contributed by atoms with E-state index in [4.69, 9.17) is 0 Å². The van der Waals surface area contributed by atoms with Gasteiger partial charge in [-0.25, -0.2) is 4.98 Å². The van der Waals surface area contributed by atoms with Crippen molar-refractivity contribution in [3.63, 3.8) is 0 Å². The van der Waals surface area contributed by atoms with Crippen LogP contribution in [-0.4, -0.2) is 41.0 Å². The Labute approximate surface area is 124 Å². The lowest BCUT2D eigenvalue weighted by molar-refractivity contribution is 0.249.